The van der Waals surface area contributed by atoms with Crippen LogP contribution in [-0.2, 0) is 23.9 Å². The Kier molecular flexibility index (Phi) is 5.33. The Hall–Kier alpha value is -1.73. The Morgan fingerprint density at radius 3 is 2.76 bits per heavy atom. The van der Waals surface area contributed by atoms with Crippen LogP contribution in [0.5, 0.6) is 0 Å². The largest absolute Gasteiger partial charge is 0.481 e. The van der Waals surface area contributed by atoms with Gasteiger partial charge in [-0.2, -0.15) is 0 Å². The van der Waals surface area contributed by atoms with Crippen LogP contribution < -0.4 is 0 Å². The first-order chi connectivity index (χ1) is 15.6. The maximum absolute atomic E-state index is 13.5. The molecule has 182 valence electrons. The van der Waals surface area contributed by atoms with E-state index in [9.17, 15) is 24.6 Å². The number of carboxylic acid groups (broad SMARTS) is 1. The number of carboxylic acids is 1. The molecule has 7 heteroatoms. The number of ketones is 1. The minimum Gasteiger partial charge on any atom is -0.481 e. The van der Waals surface area contributed by atoms with Crippen molar-refractivity contribution in [2.75, 3.05) is 6.61 Å². The highest BCUT2D eigenvalue weighted by atomic mass is 16.6. The molecule has 4 aliphatic carbocycles. The second-order valence-corrected chi connectivity index (χ2v) is 11.7. The Bertz CT molecular complexity index is 910. The molecule has 0 amide bonds. The maximum atomic E-state index is 13.5. The van der Waals surface area contributed by atoms with E-state index in [4.69, 9.17) is 9.47 Å². The number of rotatable bonds is 6. The van der Waals surface area contributed by atoms with Crippen LogP contribution >= 0.6 is 0 Å². The highest BCUT2D eigenvalue weighted by Crippen LogP contribution is 2.77. The van der Waals surface area contributed by atoms with Crippen LogP contribution in [0.2, 0.25) is 0 Å². The van der Waals surface area contributed by atoms with Crippen molar-refractivity contribution in [2.24, 2.45) is 34.5 Å². The predicted octanol–water partition coefficient (Wildman–Crippen LogP) is 3.28. The standard InChI is InChI=1S/C26H36O7/c1-14(13-27)32-23(31)18-11-16-10-17(28)8-9-25(16,3)26-20(33-26)12-24(2)15(5-7-21(29)30)4-6-19(24)22(18)26/h10,14-15,18-20,22,27H,4-9,11-13H2,1-3H3,(H,29,30)/t14?,15-,18-,19+,20-,22+,24-,25+,26-/m1/s1. The summed E-state index contributed by atoms with van der Waals surface area (Å²) >= 11 is 0. The average molecular weight is 461 g/mol. The van der Waals surface area contributed by atoms with Gasteiger partial charge in [0.2, 0.25) is 0 Å². The maximum Gasteiger partial charge on any atom is 0.310 e. The molecule has 33 heavy (non-hydrogen) atoms. The molecule has 7 nitrogen and oxygen atoms in total. The molecule has 2 N–H and O–H groups in total. The van der Waals surface area contributed by atoms with Gasteiger partial charge in [-0.15, -0.1) is 0 Å². The van der Waals surface area contributed by atoms with Crippen molar-refractivity contribution >= 4 is 17.7 Å². The fourth-order valence-corrected chi connectivity index (χ4v) is 8.45. The molecule has 5 rings (SSSR count). The summed E-state index contributed by atoms with van der Waals surface area (Å²) in [5.74, 6) is -0.863. The van der Waals surface area contributed by atoms with Crippen molar-refractivity contribution < 1.29 is 34.1 Å². The van der Waals surface area contributed by atoms with E-state index < -0.39 is 23.6 Å². The Labute approximate surface area is 194 Å². The normalized spacial score (nSPS) is 46.2. The van der Waals surface area contributed by atoms with Crippen LogP contribution in [0.4, 0.5) is 0 Å². The summed E-state index contributed by atoms with van der Waals surface area (Å²) in [7, 11) is 0. The zero-order chi connectivity index (χ0) is 23.8. The van der Waals surface area contributed by atoms with Gasteiger partial charge in [0.15, 0.2) is 5.78 Å². The molecule has 5 aliphatic rings. The third-order valence-corrected chi connectivity index (χ3v) is 10.2. The first kappa shape index (κ1) is 23.0. The molecule has 1 spiro atoms. The lowest BCUT2D eigenvalue weighted by Crippen LogP contribution is -2.61. The fourth-order valence-electron chi connectivity index (χ4n) is 8.45. The van der Waals surface area contributed by atoms with Crippen LogP contribution in [-0.4, -0.2) is 52.4 Å². The predicted molar refractivity (Wildman–Crippen MR) is 118 cm³/mol. The van der Waals surface area contributed by atoms with Gasteiger partial charge in [0, 0.05) is 24.2 Å². The summed E-state index contributed by atoms with van der Waals surface area (Å²) in [5, 5.41) is 18.7. The third-order valence-electron chi connectivity index (χ3n) is 10.2. The molecule has 1 unspecified atom stereocenters. The highest BCUT2D eigenvalue weighted by Gasteiger charge is 2.81. The van der Waals surface area contributed by atoms with Crippen LogP contribution in [0.1, 0.15) is 72.1 Å². The molecule has 1 saturated heterocycles. The summed E-state index contributed by atoms with van der Waals surface area (Å²) in [4.78, 5) is 37.1. The number of aliphatic hydroxyl groups excluding tert-OH is 1. The molecule has 0 bridgehead atoms. The summed E-state index contributed by atoms with van der Waals surface area (Å²) in [5.41, 5.74) is 0.208. The van der Waals surface area contributed by atoms with Crippen LogP contribution in [0.25, 0.3) is 0 Å². The van der Waals surface area contributed by atoms with E-state index in [-0.39, 0.29) is 53.6 Å². The van der Waals surface area contributed by atoms with Gasteiger partial charge in [0.1, 0.15) is 11.7 Å². The molecule has 0 aromatic rings. The molecule has 9 atom stereocenters. The van der Waals surface area contributed by atoms with Gasteiger partial charge in [0.05, 0.1) is 18.6 Å². The van der Waals surface area contributed by atoms with E-state index in [1.54, 1.807) is 13.0 Å². The summed E-state index contributed by atoms with van der Waals surface area (Å²) < 4.78 is 12.3. The van der Waals surface area contributed by atoms with E-state index >= 15 is 0 Å². The fraction of sp³-hybridized carbons (Fsp3) is 0.808. The number of carbonyl (C=O) groups excluding carboxylic acids is 2. The molecule has 0 aromatic carbocycles. The van der Waals surface area contributed by atoms with Gasteiger partial charge >= 0.3 is 11.9 Å². The lowest BCUT2D eigenvalue weighted by Gasteiger charge is -2.57. The zero-order valence-electron chi connectivity index (χ0n) is 19.8. The van der Waals surface area contributed by atoms with Gasteiger partial charge in [0.25, 0.3) is 0 Å². The number of aliphatic hydroxyl groups is 1. The van der Waals surface area contributed by atoms with E-state index in [2.05, 4.69) is 13.8 Å². The topological polar surface area (TPSA) is 113 Å². The van der Waals surface area contributed by atoms with E-state index in [1.807, 2.05) is 0 Å². The molecule has 3 saturated carbocycles. The number of epoxide rings is 1. The van der Waals surface area contributed by atoms with Crippen molar-refractivity contribution in [3.63, 3.8) is 0 Å². The number of ether oxygens (including phenoxy) is 2. The Morgan fingerprint density at radius 2 is 2.06 bits per heavy atom. The first-order valence-electron chi connectivity index (χ1n) is 12.5. The number of esters is 1. The van der Waals surface area contributed by atoms with Crippen molar-refractivity contribution in [3.8, 4) is 0 Å². The minimum absolute atomic E-state index is 0.0154. The first-order valence-corrected chi connectivity index (χ1v) is 12.5. The van der Waals surface area contributed by atoms with Gasteiger partial charge < -0.3 is 19.7 Å². The quantitative estimate of drug-likeness (QED) is 0.462. The smallest absolute Gasteiger partial charge is 0.310 e. The van der Waals surface area contributed by atoms with E-state index in [1.165, 1.54) is 0 Å². The Balaban J connectivity index is 1.54. The second-order valence-electron chi connectivity index (χ2n) is 11.7. The average Bonchev–Trinajstić information content (AvgIpc) is 3.38. The molecule has 1 aliphatic heterocycles. The summed E-state index contributed by atoms with van der Waals surface area (Å²) in [6.45, 7) is 5.95. The monoisotopic (exact) mass is 460 g/mol. The summed E-state index contributed by atoms with van der Waals surface area (Å²) in [6, 6.07) is 0. The van der Waals surface area contributed by atoms with Gasteiger partial charge in [-0.1, -0.05) is 19.4 Å². The lowest BCUT2D eigenvalue weighted by atomic mass is 9.44. The lowest BCUT2D eigenvalue weighted by molar-refractivity contribution is -0.166. The van der Waals surface area contributed by atoms with Crippen LogP contribution in [0.3, 0.4) is 0 Å². The summed E-state index contributed by atoms with van der Waals surface area (Å²) in [6.07, 6.45) is 6.55. The van der Waals surface area contributed by atoms with Crippen molar-refractivity contribution in [1.29, 1.82) is 0 Å². The number of carbonyl (C=O) groups is 3. The SMILES string of the molecule is CC(CO)OC(=O)[C@@H]1CC2=CC(=O)CC[C@]2(C)[C@@]23O[C@@H]2C[C@]2(C)[C@@H](CCC(=O)O)CC[C@H]2[C@H]13. The van der Waals surface area contributed by atoms with Gasteiger partial charge in [-0.05, 0) is 68.8 Å². The van der Waals surface area contributed by atoms with Crippen molar-refractivity contribution in [2.45, 2.75) is 89.9 Å². The minimum atomic E-state index is -0.763. The van der Waals surface area contributed by atoms with E-state index in [0.29, 0.717) is 25.2 Å². The molecule has 0 radical (unpaired) electrons. The molecular weight excluding hydrogens is 424 g/mol. The van der Waals surface area contributed by atoms with Crippen molar-refractivity contribution in [1.82, 2.24) is 0 Å². The molecule has 1 heterocycles. The second kappa shape index (κ2) is 7.64. The number of fused-ring (bicyclic) bond motifs is 3. The highest BCUT2D eigenvalue weighted by molar-refractivity contribution is 5.92. The molecular formula is C26H36O7. The number of hydrogen-bond donors (Lipinski definition) is 2. The molecule has 4 fully saturated rings. The van der Waals surface area contributed by atoms with Crippen molar-refractivity contribution in [3.05, 3.63) is 11.6 Å². The number of aliphatic carboxylic acids is 1. The molecule has 0 aromatic heterocycles. The third kappa shape index (κ3) is 3.18. The van der Waals surface area contributed by atoms with Crippen LogP contribution in [0, 0.1) is 34.5 Å². The zero-order valence-corrected chi connectivity index (χ0v) is 19.8. The van der Waals surface area contributed by atoms with E-state index in [0.717, 1.165) is 31.3 Å². The Morgan fingerprint density at radius 1 is 1.30 bits per heavy atom. The number of hydrogen-bond acceptors (Lipinski definition) is 6. The van der Waals surface area contributed by atoms with Crippen LogP contribution in [0.15, 0.2) is 11.6 Å². The van der Waals surface area contributed by atoms with Gasteiger partial charge in [-0.25, -0.2) is 0 Å². The van der Waals surface area contributed by atoms with Gasteiger partial charge in [-0.3, -0.25) is 14.4 Å².